The van der Waals surface area contributed by atoms with Crippen LogP contribution in [0.5, 0.6) is 11.5 Å². The van der Waals surface area contributed by atoms with E-state index < -0.39 is 66.2 Å². The molecule has 0 radical (unpaired) electrons. The molecule has 5 rings (SSSR count). The maximum Gasteiger partial charge on any atom is 0.330 e. The molecule has 0 saturated carbocycles. The molecule has 1 saturated heterocycles. The summed E-state index contributed by atoms with van der Waals surface area (Å²) in [6.07, 6.45) is -3.92. The van der Waals surface area contributed by atoms with E-state index in [0.717, 1.165) is 27.3 Å². The lowest BCUT2D eigenvalue weighted by molar-refractivity contribution is -0.161. The molecule has 0 spiro atoms. The fourth-order valence-corrected chi connectivity index (χ4v) is 5.79. The van der Waals surface area contributed by atoms with Crippen LogP contribution in [0.15, 0.2) is 101 Å². The molecule has 4 aromatic rings. The van der Waals surface area contributed by atoms with Crippen LogP contribution in [-0.4, -0.2) is 72.8 Å². The number of hydrogen-bond acceptors (Lipinski definition) is 10. The Kier molecular flexibility index (Phi) is 10.7. The number of carboxylic acid groups (broad SMARTS) is 1. The summed E-state index contributed by atoms with van der Waals surface area (Å²) in [4.78, 5) is 50.9. The van der Waals surface area contributed by atoms with Crippen LogP contribution in [0.3, 0.4) is 0 Å². The van der Waals surface area contributed by atoms with E-state index >= 15 is 0 Å². The van der Waals surface area contributed by atoms with Gasteiger partial charge in [-0.25, -0.2) is 4.79 Å². The van der Waals surface area contributed by atoms with Crippen LogP contribution in [0.1, 0.15) is 35.8 Å². The Morgan fingerprint density at radius 1 is 0.812 bits per heavy atom. The summed E-state index contributed by atoms with van der Waals surface area (Å²) in [5.74, 6) is -0.686. The number of hydrogen-bond donors (Lipinski definition) is 2. The second-order valence-corrected chi connectivity index (χ2v) is 10.9. The highest BCUT2D eigenvalue weighted by Crippen LogP contribution is 2.43. The number of aromatic amines is 1. The first kappa shape index (κ1) is 34.1. The van der Waals surface area contributed by atoms with Crippen molar-refractivity contribution in [3.63, 3.8) is 0 Å². The van der Waals surface area contributed by atoms with E-state index in [9.17, 15) is 19.2 Å². The summed E-state index contributed by atoms with van der Waals surface area (Å²) >= 11 is 0. The fourth-order valence-electron chi connectivity index (χ4n) is 5.79. The molecule has 48 heavy (non-hydrogen) atoms. The molecule has 0 aliphatic carbocycles. The van der Waals surface area contributed by atoms with Crippen LogP contribution >= 0.6 is 0 Å². The average molecular weight is 661 g/mol. The minimum Gasteiger partial charge on any atom is -0.497 e. The molecule has 13 heteroatoms. The van der Waals surface area contributed by atoms with E-state index in [1.165, 1.54) is 13.3 Å². The molecule has 252 valence electrons. The van der Waals surface area contributed by atoms with Crippen molar-refractivity contribution < 1.29 is 43.1 Å². The highest BCUT2D eigenvalue weighted by atomic mass is 16.6. The monoisotopic (exact) mass is 660 g/mol. The number of benzene rings is 3. The van der Waals surface area contributed by atoms with Crippen molar-refractivity contribution in [1.29, 1.82) is 0 Å². The summed E-state index contributed by atoms with van der Waals surface area (Å²) < 4.78 is 36.8. The zero-order valence-corrected chi connectivity index (χ0v) is 26.6. The Labute approximate surface area is 275 Å². The number of nitrogens with zero attached hydrogens (tertiary/aromatic N) is 1. The molecule has 2 N–H and O–H groups in total. The summed E-state index contributed by atoms with van der Waals surface area (Å²) in [5, 5.41) is 9.12. The minimum absolute atomic E-state index is 0.196. The lowest BCUT2D eigenvalue weighted by atomic mass is 9.80. The van der Waals surface area contributed by atoms with Gasteiger partial charge in [0, 0.05) is 19.4 Å². The van der Waals surface area contributed by atoms with Crippen molar-refractivity contribution in [2.75, 3.05) is 27.9 Å². The minimum atomic E-state index is -1.25. The van der Waals surface area contributed by atoms with Gasteiger partial charge in [-0.3, -0.25) is 23.9 Å². The van der Waals surface area contributed by atoms with Crippen molar-refractivity contribution in [2.45, 2.75) is 43.0 Å². The van der Waals surface area contributed by atoms with Crippen LogP contribution in [0.4, 0.5) is 0 Å². The van der Waals surface area contributed by atoms with Gasteiger partial charge in [-0.1, -0.05) is 54.6 Å². The summed E-state index contributed by atoms with van der Waals surface area (Å²) in [5.41, 5.74) is -0.372. The Morgan fingerprint density at radius 3 is 1.92 bits per heavy atom. The molecule has 1 aliphatic heterocycles. The number of rotatable bonds is 14. The molecule has 4 atom stereocenters. The number of ether oxygens (including phenoxy) is 6. The first-order valence-electron chi connectivity index (χ1n) is 15.1. The highest BCUT2D eigenvalue weighted by Gasteiger charge is 2.50. The van der Waals surface area contributed by atoms with E-state index in [4.69, 9.17) is 33.5 Å². The molecular weight excluding hydrogens is 624 g/mol. The van der Waals surface area contributed by atoms with Crippen LogP contribution in [0, 0.1) is 0 Å². The number of methoxy groups -OCH3 is 3. The largest absolute Gasteiger partial charge is 0.497 e. The van der Waals surface area contributed by atoms with Crippen molar-refractivity contribution in [1.82, 2.24) is 9.55 Å². The Hall–Kier alpha value is -5.24. The van der Waals surface area contributed by atoms with Crippen LogP contribution in [-0.2, 0) is 34.1 Å². The number of carboxylic acids is 1. The van der Waals surface area contributed by atoms with Gasteiger partial charge in [0.25, 0.3) is 5.56 Å². The van der Waals surface area contributed by atoms with Gasteiger partial charge in [-0.15, -0.1) is 0 Å². The molecule has 1 aromatic heterocycles. The molecule has 0 bridgehead atoms. The van der Waals surface area contributed by atoms with E-state index in [1.807, 2.05) is 78.9 Å². The van der Waals surface area contributed by atoms with Crippen LogP contribution < -0.4 is 20.7 Å². The van der Waals surface area contributed by atoms with E-state index in [2.05, 4.69) is 4.98 Å². The molecular formula is C35H36N2O11. The molecule has 1 fully saturated rings. The van der Waals surface area contributed by atoms with Gasteiger partial charge < -0.3 is 33.5 Å². The van der Waals surface area contributed by atoms with E-state index in [0.29, 0.717) is 11.5 Å². The molecule has 4 unspecified atom stereocenters. The predicted octanol–water partition coefficient (Wildman–Crippen LogP) is 3.25. The number of carbonyl (C=O) groups is 2. The maximum atomic E-state index is 12.9. The highest BCUT2D eigenvalue weighted by molar-refractivity contribution is 5.76. The smallest absolute Gasteiger partial charge is 0.330 e. The second kappa shape index (κ2) is 15.1. The quantitative estimate of drug-likeness (QED) is 0.151. The Bertz CT molecular complexity index is 1760. The standard InChI is InChI=1S/C35H36N2O11/c1-43-25-13-9-23(10-14-25)35(22-7-5-4-6-8-22,24-11-15-26(44-2)16-12-24)46-21-27-31(48-30(41)18-17-29(39)40)32(45-3)33(47-27)37-20-19-28(38)36-34(37)42/h4-16,19-20,27,31-33H,17-18,21H2,1-3H3,(H,39,40)(H,36,38,42). The third kappa shape index (κ3) is 7.18. The number of aromatic nitrogens is 2. The van der Waals surface area contributed by atoms with Gasteiger partial charge in [0.15, 0.2) is 12.3 Å². The number of esters is 1. The van der Waals surface area contributed by atoms with Crippen molar-refractivity contribution in [3.8, 4) is 11.5 Å². The summed E-state index contributed by atoms with van der Waals surface area (Å²) in [6.45, 7) is -0.196. The third-order valence-corrected chi connectivity index (χ3v) is 8.13. The molecule has 13 nitrogen and oxygen atoms in total. The summed E-state index contributed by atoms with van der Waals surface area (Å²) in [6, 6.07) is 25.5. The predicted molar refractivity (Wildman–Crippen MR) is 171 cm³/mol. The van der Waals surface area contributed by atoms with E-state index in [-0.39, 0.29) is 6.61 Å². The maximum absolute atomic E-state index is 12.9. The molecule has 0 amide bonds. The molecule has 2 heterocycles. The SMILES string of the molecule is COc1ccc(C(OCC2OC(n3ccc(=O)[nH]c3=O)C(OC)C2OC(=O)CCC(=O)O)(c2ccccc2)c2ccc(OC)cc2)cc1. The summed E-state index contributed by atoms with van der Waals surface area (Å²) in [7, 11) is 4.51. The first-order valence-corrected chi connectivity index (χ1v) is 15.1. The van der Waals surface area contributed by atoms with Crippen LogP contribution in [0.25, 0.3) is 0 Å². The second-order valence-electron chi connectivity index (χ2n) is 10.9. The first-order chi connectivity index (χ1) is 23.2. The lowest BCUT2D eigenvalue weighted by Gasteiger charge is -2.37. The number of H-pyrrole nitrogens is 1. The van der Waals surface area contributed by atoms with Crippen molar-refractivity contribution >= 4 is 11.9 Å². The number of nitrogens with one attached hydrogen (secondary N) is 1. The van der Waals surface area contributed by atoms with Gasteiger partial charge in [0.1, 0.15) is 29.3 Å². The number of carbonyl (C=O) groups excluding carboxylic acids is 1. The van der Waals surface area contributed by atoms with Gasteiger partial charge in [0.2, 0.25) is 0 Å². The normalized spacial score (nSPS) is 19.1. The molecule has 1 aliphatic rings. The fraction of sp³-hybridized carbons (Fsp3) is 0.314. The molecule has 3 aromatic carbocycles. The topological polar surface area (TPSA) is 165 Å². The van der Waals surface area contributed by atoms with Gasteiger partial charge in [0.05, 0.1) is 33.7 Å². The number of aliphatic carboxylic acids is 1. The van der Waals surface area contributed by atoms with Gasteiger partial charge >= 0.3 is 17.6 Å². The van der Waals surface area contributed by atoms with Gasteiger partial charge in [-0.2, -0.15) is 0 Å². The Morgan fingerprint density at radius 2 is 1.40 bits per heavy atom. The zero-order valence-electron chi connectivity index (χ0n) is 26.6. The average Bonchev–Trinajstić information content (AvgIpc) is 3.44. The van der Waals surface area contributed by atoms with Gasteiger partial charge in [-0.05, 0) is 41.0 Å². The van der Waals surface area contributed by atoms with Crippen molar-refractivity contribution in [3.05, 3.63) is 129 Å². The lowest BCUT2D eigenvalue weighted by Crippen LogP contribution is -2.43. The zero-order chi connectivity index (χ0) is 34.3. The Balaban J connectivity index is 1.60. The van der Waals surface area contributed by atoms with E-state index in [1.54, 1.807) is 14.2 Å². The van der Waals surface area contributed by atoms with Crippen molar-refractivity contribution in [2.24, 2.45) is 0 Å². The third-order valence-electron chi connectivity index (χ3n) is 8.13. The van der Waals surface area contributed by atoms with Crippen LogP contribution in [0.2, 0.25) is 0 Å².